The van der Waals surface area contributed by atoms with Crippen LogP contribution in [0, 0.1) is 0 Å². The van der Waals surface area contributed by atoms with Gasteiger partial charge >= 0.3 is 11.9 Å². The van der Waals surface area contributed by atoms with Crippen molar-refractivity contribution in [3.63, 3.8) is 0 Å². The molecule has 0 aliphatic carbocycles. The minimum atomic E-state index is -3.29. The van der Waals surface area contributed by atoms with Crippen molar-refractivity contribution in [2.45, 2.75) is 198 Å². The molecule has 444 valence electrons. The Morgan fingerprint density at radius 2 is 0.948 bits per heavy atom. The largest absolute Gasteiger partial charge is 0.477 e. The lowest BCUT2D eigenvalue weighted by Crippen LogP contribution is -2.72. The van der Waals surface area contributed by atoms with E-state index in [-0.39, 0.29) is 0 Å². The Labute approximate surface area is 434 Å². The van der Waals surface area contributed by atoms with E-state index < -0.39 is 240 Å². The van der Waals surface area contributed by atoms with Crippen LogP contribution in [0.4, 0.5) is 0 Å². The monoisotopic (exact) mass is 1130 g/mol. The zero-order chi connectivity index (χ0) is 57.8. The second kappa shape index (κ2) is 26.7. The second-order valence-corrected chi connectivity index (χ2v) is 19.0. The number of carboxylic acid groups (broad SMARTS) is 2. The van der Waals surface area contributed by atoms with Crippen LogP contribution in [-0.4, -0.2) is 319 Å². The van der Waals surface area contributed by atoms with Gasteiger partial charge in [0.05, 0.1) is 57.3 Å². The van der Waals surface area contributed by atoms with Gasteiger partial charge < -0.3 is 150 Å². The molecule has 5 fully saturated rings. The predicted octanol–water partition coefficient (Wildman–Crippen LogP) is -13.1. The van der Waals surface area contributed by atoms with E-state index in [0.29, 0.717) is 0 Å². The Balaban J connectivity index is 1.57. The summed E-state index contributed by atoms with van der Waals surface area (Å²) in [5.41, 5.74) is 0. The van der Waals surface area contributed by atoms with Crippen LogP contribution >= 0.6 is 0 Å². The molecule has 3 amide bonds. The molecular weight excluding hydrogens is 1060 g/mol. The van der Waals surface area contributed by atoms with Crippen molar-refractivity contribution in [2.24, 2.45) is 0 Å². The maximum atomic E-state index is 13.1. The van der Waals surface area contributed by atoms with Crippen molar-refractivity contribution in [1.82, 2.24) is 16.0 Å². The van der Waals surface area contributed by atoms with Gasteiger partial charge in [-0.05, 0) is 0 Å². The van der Waals surface area contributed by atoms with E-state index in [1.54, 1.807) is 0 Å². The number of carboxylic acids is 2. The topological polar surface area (TPSA) is 569 Å². The molecule has 5 rings (SSSR count). The number of aliphatic carboxylic acids is 2. The molecule has 0 saturated carbocycles. The second-order valence-electron chi connectivity index (χ2n) is 19.0. The van der Waals surface area contributed by atoms with Crippen molar-refractivity contribution >= 4 is 29.7 Å². The highest BCUT2D eigenvalue weighted by Gasteiger charge is 2.62. The minimum absolute atomic E-state index is 0.841. The third kappa shape index (κ3) is 14.1. The third-order valence-electron chi connectivity index (χ3n) is 13.5. The summed E-state index contributed by atoms with van der Waals surface area (Å²) in [5.74, 6) is -13.3. The summed E-state index contributed by atoms with van der Waals surface area (Å²) < 4.78 is 51.2. The van der Waals surface area contributed by atoms with Crippen molar-refractivity contribution in [2.75, 3.05) is 33.0 Å². The number of ether oxygens (including phenoxy) is 9. The molecule has 1 unspecified atom stereocenters. The zero-order valence-electron chi connectivity index (χ0n) is 41.1. The lowest BCUT2D eigenvalue weighted by Gasteiger charge is -2.51. The molecule has 5 aliphatic rings. The van der Waals surface area contributed by atoms with Gasteiger partial charge in [-0.25, -0.2) is 9.59 Å². The smallest absolute Gasteiger partial charge is 0.364 e. The van der Waals surface area contributed by atoms with Crippen LogP contribution in [-0.2, 0) is 66.6 Å². The number of carbonyl (C=O) groups excluding carboxylic acids is 3. The number of amides is 3. The summed E-state index contributed by atoms with van der Waals surface area (Å²) in [6.45, 7) is -2.99. The average Bonchev–Trinajstić information content (AvgIpc) is 3.37. The lowest BCUT2D eigenvalue weighted by molar-refractivity contribution is -0.387. The number of aliphatic hydroxyl groups excluding tert-OH is 16. The molecule has 35 heteroatoms. The highest BCUT2D eigenvalue weighted by atomic mass is 16.8. The summed E-state index contributed by atoms with van der Waals surface area (Å²) in [7, 11) is 0. The van der Waals surface area contributed by atoms with Crippen molar-refractivity contribution < 1.29 is 159 Å². The summed E-state index contributed by atoms with van der Waals surface area (Å²) in [6, 6.07) is -5.41. The van der Waals surface area contributed by atoms with Gasteiger partial charge in [-0.2, -0.15) is 0 Å². The molecule has 5 saturated heterocycles. The maximum absolute atomic E-state index is 13.1. The van der Waals surface area contributed by atoms with Gasteiger partial charge in [0.2, 0.25) is 17.7 Å². The Morgan fingerprint density at radius 1 is 0.532 bits per heavy atom. The van der Waals surface area contributed by atoms with Crippen LogP contribution in [0.1, 0.15) is 33.6 Å². The quantitative estimate of drug-likeness (QED) is 0.0479. The van der Waals surface area contributed by atoms with E-state index >= 15 is 0 Å². The SMILES string of the molecule is CC(=O)N[C@H]1[C@H](O[C@H]2[C@@H](O)[C@@H](CO)OC(O)[C@@H]2O)O[C@H](CO[C@]2(C(=O)O)C[C@H](O)[C@@H](NC(C)=O)[C@H]([C@H](O)[C@H](O)CO)O2)[C@@H](O)[C@@H]1O[C@@H]1O[C@H](CO)[C@H](O)[C@H](O[C@]2(C(=O)O)C[C@H](O)[C@@H](NC(C)=O)[C@H]([C@H](O)[C@H](O)CO)O2)[C@H]1O. The molecule has 0 aromatic heterocycles. The number of carbonyl (C=O) groups is 5. The van der Waals surface area contributed by atoms with Gasteiger partial charge in [0.1, 0.15) is 110 Å². The fraction of sp³-hybridized carbons (Fsp3) is 0.881. The minimum Gasteiger partial charge on any atom is -0.477 e. The van der Waals surface area contributed by atoms with Crippen LogP contribution in [0.2, 0.25) is 0 Å². The Morgan fingerprint density at radius 3 is 1.42 bits per heavy atom. The zero-order valence-corrected chi connectivity index (χ0v) is 41.1. The molecular formula is C42H69N3O32. The normalized spacial score (nSPS) is 43.2. The first-order valence-corrected chi connectivity index (χ1v) is 23.8. The molecule has 0 aromatic carbocycles. The molecule has 21 N–H and O–H groups in total. The summed E-state index contributed by atoms with van der Waals surface area (Å²) in [4.78, 5) is 63.3. The molecule has 5 heterocycles. The Bertz CT molecular complexity index is 2000. The van der Waals surface area contributed by atoms with Gasteiger partial charge in [0, 0.05) is 33.6 Å². The van der Waals surface area contributed by atoms with Crippen molar-refractivity contribution in [3.8, 4) is 0 Å². The van der Waals surface area contributed by atoms with E-state index in [1.165, 1.54) is 0 Å². The predicted molar refractivity (Wildman–Crippen MR) is 236 cm³/mol. The lowest BCUT2D eigenvalue weighted by atomic mass is 9.88. The standard InChI is InChI=1S/C42H69N3O32/c1-11(50)43-21-14(53)4-41(39(65)66,75-32(21)24(57)16(55)6-46)69-10-20-28(61)31(23(45-13(3)52)37(72-20)74-34-26(59)18(8-48)70-36(64)29(34)62)73-38-30(63)35(27(60)19(9-49)71-38)77-42(40(67)68)5-15(54)22(44-12(2)51)33(76-42)25(58)17(56)7-47/h14-38,46-49,53-64H,4-10H2,1-3H3,(H,43,50)(H,44,51)(H,45,52)(H,65,66)(H,67,68)/t14-,15-,16+,17+,18+,19+,20+,21+,22+,23+,24+,25+,26-,27-,28+,29+,30+,31+,32+,33+,34-,35-,36?,37-,38-,41+,42-/m0/s1. The van der Waals surface area contributed by atoms with Gasteiger partial charge in [-0.3, -0.25) is 14.4 Å². The first-order valence-electron chi connectivity index (χ1n) is 23.8. The number of aliphatic hydroxyl groups is 16. The van der Waals surface area contributed by atoms with Crippen LogP contribution < -0.4 is 16.0 Å². The molecule has 0 bridgehead atoms. The van der Waals surface area contributed by atoms with Crippen LogP contribution in [0.25, 0.3) is 0 Å². The van der Waals surface area contributed by atoms with Gasteiger partial charge in [-0.1, -0.05) is 0 Å². The van der Waals surface area contributed by atoms with Crippen LogP contribution in [0.15, 0.2) is 0 Å². The maximum Gasteiger partial charge on any atom is 0.364 e. The highest BCUT2D eigenvalue weighted by molar-refractivity contribution is 5.77. The van der Waals surface area contributed by atoms with Crippen LogP contribution in [0.3, 0.4) is 0 Å². The molecule has 0 spiro atoms. The van der Waals surface area contributed by atoms with Gasteiger partial charge in [0.15, 0.2) is 18.9 Å². The molecule has 0 aromatic rings. The molecule has 35 nitrogen and oxygen atoms in total. The first kappa shape index (κ1) is 64.2. The van der Waals surface area contributed by atoms with Gasteiger partial charge in [0.25, 0.3) is 11.6 Å². The summed E-state index contributed by atoms with van der Waals surface area (Å²) >= 11 is 0. The van der Waals surface area contributed by atoms with E-state index in [1.807, 2.05) is 0 Å². The molecule has 5 aliphatic heterocycles. The summed E-state index contributed by atoms with van der Waals surface area (Å²) in [5, 5.41) is 200. The van der Waals surface area contributed by atoms with E-state index in [9.17, 15) is 116 Å². The number of hydrogen-bond acceptors (Lipinski definition) is 30. The number of nitrogens with one attached hydrogen (secondary N) is 3. The van der Waals surface area contributed by atoms with Crippen molar-refractivity contribution in [1.29, 1.82) is 0 Å². The van der Waals surface area contributed by atoms with E-state index in [2.05, 4.69) is 16.0 Å². The third-order valence-corrected chi connectivity index (χ3v) is 13.5. The van der Waals surface area contributed by atoms with E-state index in [0.717, 1.165) is 20.8 Å². The fourth-order valence-corrected chi connectivity index (χ4v) is 9.53. The highest BCUT2D eigenvalue weighted by Crippen LogP contribution is 2.40. The average molecular weight is 1130 g/mol. The fourth-order valence-electron chi connectivity index (χ4n) is 9.53. The molecule has 27 atom stereocenters. The molecule has 0 radical (unpaired) electrons. The van der Waals surface area contributed by atoms with Gasteiger partial charge in [-0.15, -0.1) is 0 Å². The van der Waals surface area contributed by atoms with E-state index in [4.69, 9.17) is 42.6 Å². The Hall–Kier alpha value is -3.65. The number of rotatable bonds is 22. The summed E-state index contributed by atoms with van der Waals surface area (Å²) in [6.07, 6.45) is -50.2. The molecule has 77 heavy (non-hydrogen) atoms. The van der Waals surface area contributed by atoms with Crippen LogP contribution in [0.5, 0.6) is 0 Å². The number of hydrogen-bond donors (Lipinski definition) is 21. The van der Waals surface area contributed by atoms with Crippen molar-refractivity contribution in [3.05, 3.63) is 0 Å². The first-order chi connectivity index (χ1) is 36.0. The Kier molecular flexibility index (Phi) is 22.3.